The Labute approximate surface area is 178 Å². The number of amides is 1. The van der Waals surface area contributed by atoms with Crippen molar-refractivity contribution in [2.45, 2.75) is 43.7 Å². The lowest BCUT2D eigenvalue weighted by molar-refractivity contribution is 0.0509. The summed E-state index contributed by atoms with van der Waals surface area (Å²) in [4.78, 5) is 12.6. The smallest absolute Gasteiger partial charge is 0.407 e. The zero-order valence-corrected chi connectivity index (χ0v) is 18.3. The fraction of sp³-hybridized carbons (Fsp3) is 0.292. The van der Waals surface area contributed by atoms with Gasteiger partial charge in [-0.1, -0.05) is 60.7 Å². The lowest BCUT2D eigenvalue weighted by Gasteiger charge is -2.24. The molecule has 1 N–H and O–H groups in total. The second-order valence-electron chi connectivity index (χ2n) is 8.32. The molecule has 0 saturated carbocycles. The second-order valence-corrected chi connectivity index (χ2v) is 10.4. The number of sulfone groups is 1. The number of alkyl carbamates (subject to hydrolysis) is 1. The Balaban J connectivity index is 1.85. The monoisotopic (exact) mass is 425 g/mol. The van der Waals surface area contributed by atoms with Crippen LogP contribution in [0.15, 0.2) is 77.7 Å². The Morgan fingerprint density at radius 3 is 2.23 bits per heavy atom. The number of carbonyl (C=O) groups excluding carboxylic acids is 1. The van der Waals surface area contributed by atoms with E-state index in [1.165, 1.54) is 0 Å². The molecular formula is C24H27NO4S. The maximum absolute atomic E-state index is 12.9. The molecule has 3 aromatic rings. The number of nitrogens with one attached hydrogen (secondary N) is 1. The number of hydrogen-bond acceptors (Lipinski definition) is 4. The lowest BCUT2D eigenvalue weighted by Crippen LogP contribution is -2.43. The minimum Gasteiger partial charge on any atom is -0.444 e. The van der Waals surface area contributed by atoms with Gasteiger partial charge < -0.3 is 10.1 Å². The molecule has 0 spiro atoms. The van der Waals surface area contributed by atoms with Gasteiger partial charge in [0.15, 0.2) is 9.84 Å². The maximum atomic E-state index is 12.9. The predicted molar refractivity (Wildman–Crippen MR) is 119 cm³/mol. The highest BCUT2D eigenvalue weighted by atomic mass is 32.2. The molecule has 1 atom stereocenters. The molecule has 1 amide bonds. The van der Waals surface area contributed by atoms with E-state index in [2.05, 4.69) is 5.32 Å². The number of hydrogen-bond donors (Lipinski definition) is 1. The Morgan fingerprint density at radius 1 is 0.933 bits per heavy atom. The zero-order chi connectivity index (χ0) is 21.8. The normalized spacial score (nSPS) is 13.0. The molecule has 0 bridgehead atoms. The Kier molecular flexibility index (Phi) is 6.46. The molecule has 0 unspecified atom stereocenters. The molecular weight excluding hydrogens is 398 g/mol. The fourth-order valence-electron chi connectivity index (χ4n) is 3.27. The van der Waals surface area contributed by atoms with E-state index in [1.54, 1.807) is 51.1 Å². The third kappa shape index (κ3) is 6.07. The van der Waals surface area contributed by atoms with Crippen molar-refractivity contribution in [1.82, 2.24) is 5.32 Å². The molecule has 158 valence electrons. The average molecular weight is 426 g/mol. The van der Waals surface area contributed by atoms with Crippen LogP contribution in [-0.4, -0.2) is 31.9 Å². The summed E-state index contributed by atoms with van der Waals surface area (Å²) in [5.74, 6) is -0.219. The van der Waals surface area contributed by atoms with E-state index in [-0.39, 0.29) is 10.6 Å². The molecule has 0 fully saturated rings. The molecule has 6 heteroatoms. The van der Waals surface area contributed by atoms with E-state index in [0.717, 1.165) is 16.3 Å². The molecule has 0 aromatic heterocycles. The Bertz CT molecular complexity index is 1120. The molecule has 30 heavy (non-hydrogen) atoms. The number of benzene rings is 3. The molecule has 0 heterocycles. The van der Waals surface area contributed by atoms with Crippen LogP contribution in [0.1, 0.15) is 26.3 Å². The van der Waals surface area contributed by atoms with Crippen LogP contribution in [0.3, 0.4) is 0 Å². The van der Waals surface area contributed by atoms with E-state index in [4.69, 9.17) is 4.74 Å². The summed E-state index contributed by atoms with van der Waals surface area (Å²) in [6.07, 6.45) is -0.257. The van der Waals surface area contributed by atoms with Crippen molar-refractivity contribution < 1.29 is 17.9 Å². The van der Waals surface area contributed by atoms with Gasteiger partial charge in [-0.05, 0) is 55.7 Å². The van der Waals surface area contributed by atoms with Crippen molar-refractivity contribution in [3.8, 4) is 0 Å². The highest BCUT2D eigenvalue weighted by Crippen LogP contribution is 2.19. The zero-order valence-electron chi connectivity index (χ0n) is 17.5. The summed E-state index contributed by atoms with van der Waals surface area (Å²) in [7, 11) is -3.58. The predicted octanol–water partition coefficient (Wildman–Crippen LogP) is 4.75. The summed E-state index contributed by atoms with van der Waals surface area (Å²) in [6.45, 7) is 5.31. The van der Waals surface area contributed by atoms with E-state index in [9.17, 15) is 13.2 Å². The first-order valence-corrected chi connectivity index (χ1v) is 11.5. The average Bonchev–Trinajstić information content (AvgIpc) is 2.66. The summed E-state index contributed by atoms with van der Waals surface area (Å²) in [5.41, 5.74) is 0.272. The van der Waals surface area contributed by atoms with E-state index in [0.29, 0.717) is 6.42 Å². The number of rotatable bonds is 6. The third-order valence-electron chi connectivity index (χ3n) is 4.54. The summed E-state index contributed by atoms with van der Waals surface area (Å²) in [6, 6.07) is 21.6. The molecule has 0 aliphatic carbocycles. The van der Waals surface area contributed by atoms with E-state index in [1.807, 2.05) is 42.5 Å². The fourth-order valence-corrected chi connectivity index (χ4v) is 4.76. The molecule has 0 aliphatic heterocycles. The first-order valence-electron chi connectivity index (χ1n) is 9.87. The van der Waals surface area contributed by atoms with Gasteiger partial charge in [0.05, 0.1) is 16.7 Å². The lowest BCUT2D eigenvalue weighted by atomic mass is 10.0. The first-order chi connectivity index (χ1) is 14.1. The molecule has 0 aliphatic rings. The van der Waals surface area contributed by atoms with Gasteiger partial charge in [0.1, 0.15) is 5.60 Å². The third-order valence-corrected chi connectivity index (χ3v) is 6.37. The van der Waals surface area contributed by atoms with Crippen LogP contribution < -0.4 is 5.32 Å². The van der Waals surface area contributed by atoms with Gasteiger partial charge in [0, 0.05) is 0 Å². The van der Waals surface area contributed by atoms with Crippen LogP contribution >= 0.6 is 0 Å². The van der Waals surface area contributed by atoms with Gasteiger partial charge in [-0.3, -0.25) is 0 Å². The van der Waals surface area contributed by atoms with Gasteiger partial charge >= 0.3 is 6.09 Å². The topological polar surface area (TPSA) is 72.5 Å². The van der Waals surface area contributed by atoms with Gasteiger partial charge in [-0.25, -0.2) is 13.2 Å². The highest BCUT2D eigenvalue weighted by Gasteiger charge is 2.25. The molecule has 5 nitrogen and oxygen atoms in total. The van der Waals surface area contributed by atoms with Gasteiger partial charge in [-0.15, -0.1) is 0 Å². The second kappa shape index (κ2) is 8.88. The van der Waals surface area contributed by atoms with E-state index >= 15 is 0 Å². The van der Waals surface area contributed by atoms with Crippen LogP contribution in [0.25, 0.3) is 10.8 Å². The summed E-state index contributed by atoms with van der Waals surface area (Å²) < 4.78 is 31.2. The number of fused-ring (bicyclic) bond motifs is 1. The minimum atomic E-state index is -3.58. The van der Waals surface area contributed by atoms with Crippen molar-refractivity contribution in [3.63, 3.8) is 0 Å². The molecule has 3 rings (SSSR count). The van der Waals surface area contributed by atoms with Crippen LogP contribution in [0.2, 0.25) is 0 Å². The highest BCUT2D eigenvalue weighted by molar-refractivity contribution is 7.91. The van der Waals surface area contributed by atoms with Crippen molar-refractivity contribution in [1.29, 1.82) is 0 Å². The van der Waals surface area contributed by atoms with Crippen molar-refractivity contribution in [2.75, 3.05) is 5.75 Å². The molecule has 3 aromatic carbocycles. The molecule has 0 saturated heterocycles. The van der Waals surface area contributed by atoms with Crippen molar-refractivity contribution in [2.24, 2.45) is 0 Å². The maximum Gasteiger partial charge on any atom is 0.407 e. The van der Waals surface area contributed by atoms with Crippen LogP contribution in [0, 0.1) is 0 Å². The standard InChI is InChI=1S/C24H27NO4S/c1-24(2,3)29-23(26)25-21(17-30(27,28)22-11-5-4-6-12-22)16-18-13-14-19-9-7-8-10-20(19)15-18/h4-15,21H,16-17H2,1-3H3,(H,25,26)/t21-/m1/s1. The van der Waals surface area contributed by atoms with Gasteiger partial charge in [0.2, 0.25) is 0 Å². The van der Waals surface area contributed by atoms with Gasteiger partial charge in [0.25, 0.3) is 0 Å². The number of carbonyl (C=O) groups is 1. The quantitative estimate of drug-likeness (QED) is 0.619. The summed E-state index contributed by atoms with van der Waals surface area (Å²) >= 11 is 0. The Morgan fingerprint density at radius 2 is 1.57 bits per heavy atom. The number of ether oxygens (including phenoxy) is 1. The SMILES string of the molecule is CC(C)(C)OC(=O)N[C@H](Cc1ccc2ccccc2c1)CS(=O)(=O)c1ccccc1. The van der Waals surface area contributed by atoms with Crippen LogP contribution in [0.4, 0.5) is 4.79 Å². The van der Waals surface area contributed by atoms with E-state index < -0.39 is 27.6 Å². The minimum absolute atomic E-state index is 0.219. The van der Waals surface area contributed by atoms with Crippen LogP contribution in [0.5, 0.6) is 0 Å². The van der Waals surface area contributed by atoms with Crippen molar-refractivity contribution >= 4 is 26.7 Å². The Hall–Kier alpha value is -2.86. The summed E-state index contributed by atoms with van der Waals surface area (Å²) in [5, 5.41) is 4.93. The first kappa shape index (κ1) is 21.8. The van der Waals surface area contributed by atoms with Gasteiger partial charge in [-0.2, -0.15) is 0 Å². The van der Waals surface area contributed by atoms with Crippen LogP contribution in [-0.2, 0) is 21.0 Å². The largest absolute Gasteiger partial charge is 0.444 e. The van der Waals surface area contributed by atoms with Crippen molar-refractivity contribution in [3.05, 3.63) is 78.4 Å². The molecule has 0 radical (unpaired) electrons.